The molecule has 0 aromatic heterocycles. The number of nitrogens with zero attached hydrogens (tertiary/aromatic N) is 3. The molecule has 2 aromatic rings. The quantitative estimate of drug-likeness (QED) is 0.701. The molecule has 178 valence electrons. The molecule has 1 atom stereocenters. The minimum Gasteiger partial charge on any atom is -0.378 e. The minimum atomic E-state index is -0.749. The number of carbonyl (C=O) groups excluding carboxylic acids is 3. The molecule has 3 amide bonds. The lowest BCUT2D eigenvalue weighted by molar-refractivity contribution is -0.158. The number of hydrogen-bond donors (Lipinski definition) is 0. The summed E-state index contributed by atoms with van der Waals surface area (Å²) in [5, 5.41) is 0. The minimum absolute atomic E-state index is 0.0176. The summed E-state index contributed by atoms with van der Waals surface area (Å²) in [5.41, 5.74) is 1.57. The molecule has 3 aliphatic rings. The number of hydrogen-bond acceptors (Lipinski definition) is 4. The number of carbonyl (C=O) groups is 3. The van der Waals surface area contributed by atoms with Crippen LogP contribution in [-0.2, 0) is 20.7 Å². The van der Waals surface area contributed by atoms with Crippen LogP contribution in [-0.4, -0.2) is 83.4 Å². The van der Waals surface area contributed by atoms with Crippen molar-refractivity contribution in [3.8, 4) is 0 Å². The summed E-state index contributed by atoms with van der Waals surface area (Å²) in [4.78, 5) is 46.3. The Morgan fingerprint density at radius 2 is 1.62 bits per heavy atom. The summed E-state index contributed by atoms with van der Waals surface area (Å²) in [6.07, 6.45) is 0.311. The zero-order valence-corrected chi connectivity index (χ0v) is 19.8. The van der Waals surface area contributed by atoms with E-state index in [9.17, 15) is 14.4 Å². The van der Waals surface area contributed by atoms with Gasteiger partial charge in [-0.2, -0.15) is 0 Å². The lowest BCUT2D eigenvalue weighted by Gasteiger charge is -2.62. The number of ether oxygens (including phenoxy) is 1. The lowest BCUT2D eigenvalue weighted by Crippen LogP contribution is -2.78. The third-order valence-corrected chi connectivity index (χ3v) is 7.30. The largest absolute Gasteiger partial charge is 0.378 e. The highest BCUT2D eigenvalue weighted by molar-refractivity contribution is 6.03. The molecular weight excluding hydrogens is 430 g/mol. The standard InChI is InChI=1S/C27H31N3O4/c1-19(2)30-25(32)22-11-7-6-10-21(22)24(26(33)28-12-14-34-15-13-28)27(30)17-29(18-27)23(31)16-20-8-4-3-5-9-20/h3-11,19,24H,12-18H2,1-2H3. The van der Waals surface area contributed by atoms with Gasteiger partial charge in [0.05, 0.1) is 31.1 Å². The Balaban J connectivity index is 1.50. The highest BCUT2D eigenvalue weighted by atomic mass is 16.5. The van der Waals surface area contributed by atoms with Gasteiger partial charge >= 0.3 is 0 Å². The molecular formula is C27H31N3O4. The highest BCUT2D eigenvalue weighted by Gasteiger charge is 2.62. The van der Waals surface area contributed by atoms with E-state index >= 15 is 0 Å². The van der Waals surface area contributed by atoms with E-state index in [0.717, 1.165) is 11.1 Å². The highest BCUT2D eigenvalue weighted by Crippen LogP contribution is 2.48. The monoisotopic (exact) mass is 461 g/mol. The van der Waals surface area contributed by atoms with Crippen LogP contribution in [0.3, 0.4) is 0 Å². The maximum absolute atomic E-state index is 14.0. The van der Waals surface area contributed by atoms with E-state index in [2.05, 4.69) is 0 Å². The first-order valence-corrected chi connectivity index (χ1v) is 12.0. The Kier molecular flexibility index (Phi) is 5.90. The van der Waals surface area contributed by atoms with Crippen LogP contribution in [0.1, 0.15) is 41.3 Å². The van der Waals surface area contributed by atoms with Gasteiger partial charge in [-0.15, -0.1) is 0 Å². The van der Waals surface area contributed by atoms with Crippen LogP contribution in [0.15, 0.2) is 54.6 Å². The van der Waals surface area contributed by atoms with Gasteiger partial charge in [-0.25, -0.2) is 0 Å². The van der Waals surface area contributed by atoms with E-state index in [1.54, 1.807) is 4.90 Å². The van der Waals surface area contributed by atoms with E-state index < -0.39 is 11.5 Å². The van der Waals surface area contributed by atoms with Gasteiger partial charge in [0.15, 0.2) is 0 Å². The summed E-state index contributed by atoms with van der Waals surface area (Å²) < 4.78 is 5.47. The van der Waals surface area contributed by atoms with Crippen LogP contribution in [0, 0.1) is 0 Å². The maximum atomic E-state index is 14.0. The first kappa shape index (κ1) is 22.6. The van der Waals surface area contributed by atoms with Crippen molar-refractivity contribution in [2.75, 3.05) is 39.4 Å². The van der Waals surface area contributed by atoms with E-state index in [1.165, 1.54) is 0 Å². The third-order valence-electron chi connectivity index (χ3n) is 7.30. The zero-order valence-electron chi connectivity index (χ0n) is 19.8. The van der Waals surface area contributed by atoms with Crippen molar-refractivity contribution in [3.63, 3.8) is 0 Å². The van der Waals surface area contributed by atoms with Crippen molar-refractivity contribution < 1.29 is 19.1 Å². The number of benzene rings is 2. The molecule has 0 aliphatic carbocycles. The first-order chi connectivity index (χ1) is 16.4. The Morgan fingerprint density at radius 1 is 0.971 bits per heavy atom. The van der Waals surface area contributed by atoms with Crippen molar-refractivity contribution in [2.24, 2.45) is 0 Å². The molecule has 0 radical (unpaired) electrons. The van der Waals surface area contributed by atoms with Gasteiger partial charge < -0.3 is 19.4 Å². The predicted octanol–water partition coefficient (Wildman–Crippen LogP) is 2.32. The number of amides is 3. The summed E-state index contributed by atoms with van der Waals surface area (Å²) in [7, 11) is 0. The van der Waals surface area contributed by atoms with Crippen LogP contribution in [0.4, 0.5) is 0 Å². The molecule has 0 saturated carbocycles. The van der Waals surface area contributed by atoms with Gasteiger partial charge in [0.1, 0.15) is 0 Å². The second-order valence-electron chi connectivity index (χ2n) is 9.74. The fraction of sp³-hybridized carbons (Fsp3) is 0.444. The van der Waals surface area contributed by atoms with Crippen molar-refractivity contribution in [3.05, 3.63) is 71.3 Å². The van der Waals surface area contributed by atoms with Gasteiger partial charge in [0.25, 0.3) is 5.91 Å². The molecule has 1 unspecified atom stereocenters. The van der Waals surface area contributed by atoms with Crippen molar-refractivity contribution in [2.45, 2.75) is 37.8 Å². The molecule has 34 heavy (non-hydrogen) atoms. The van der Waals surface area contributed by atoms with E-state index in [-0.39, 0.29) is 23.8 Å². The molecule has 0 bridgehead atoms. The van der Waals surface area contributed by atoms with Gasteiger partial charge in [-0.1, -0.05) is 48.5 Å². The number of morpholine rings is 1. The van der Waals surface area contributed by atoms with Crippen molar-refractivity contribution >= 4 is 17.7 Å². The molecule has 7 nitrogen and oxygen atoms in total. The summed E-state index contributed by atoms with van der Waals surface area (Å²) in [5.74, 6) is -0.539. The van der Waals surface area contributed by atoms with Crippen LogP contribution < -0.4 is 0 Å². The maximum Gasteiger partial charge on any atom is 0.255 e. The molecule has 2 saturated heterocycles. The zero-order chi connectivity index (χ0) is 23.9. The van der Waals surface area contributed by atoms with Crippen LogP contribution >= 0.6 is 0 Å². The molecule has 3 heterocycles. The van der Waals surface area contributed by atoms with Crippen molar-refractivity contribution in [1.82, 2.24) is 14.7 Å². The Morgan fingerprint density at radius 3 is 2.29 bits per heavy atom. The fourth-order valence-corrected chi connectivity index (χ4v) is 5.79. The lowest BCUT2D eigenvalue weighted by atomic mass is 9.67. The topological polar surface area (TPSA) is 70.2 Å². The van der Waals surface area contributed by atoms with Gasteiger partial charge in [-0.3, -0.25) is 14.4 Å². The average molecular weight is 462 g/mol. The molecule has 0 N–H and O–H groups in total. The first-order valence-electron chi connectivity index (χ1n) is 12.0. The number of fused-ring (bicyclic) bond motifs is 1. The second-order valence-corrected chi connectivity index (χ2v) is 9.74. The number of rotatable bonds is 4. The molecule has 3 aliphatic heterocycles. The molecule has 2 fully saturated rings. The van der Waals surface area contributed by atoms with E-state index in [1.807, 2.05) is 78.2 Å². The third kappa shape index (κ3) is 3.68. The van der Waals surface area contributed by atoms with E-state index in [0.29, 0.717) is 51.4 Å². The second kappa shape index (κ2) is 8.87. The van der Waals surface area contributed by atoms with Gasteiger partial charge in [-0.05, 0) is 31.0 Å². The van der Waals surface area contributed by atoms with Crippen LogP contribution in [0.2, 0.25) is 0 Å². The van der Waals surface area contributed by atoms with E-state index in [4.69, 9.17) is 4.74 Å². The van der Waals surface area contributed by atoms with Gasteiger partial charge in [0.2, 0.25) is 11.8 Å². The summed E-state index contributed by atoms with van der Waals surface area (Å²) in [6.45, 7) is 6.80. The van der Waals surface area contributed by atoms with Crippen molar-refractivity contribution in [1.29, 1.82) is 0 Å². The molecule has 1 spiro atoms. The molecule has 7 heteroatoms. The molecule has 2 aromatic carbocycles. The Hall–Kier alpha value is -3.19. The Bertz CT molecular complexity index is 1090. The normalized spacial score (nSPS) is 21.4. The SMILES string of the molecule is CC(C)N1C(=O)c2ccccc2C(C(=O)N2CCOCC2)C12CN(C(=O)Cc1ccccc1)C2. The Labute approximate surface area is 200 Å². The predicted molar refractivity (Wildman–Crippen MR) is 127 cm³/mol. The summed E-state index contributed by atoms with van der Waals surface area (Å²) in [6, 6.07) is 17.0. The molecule has 5 rings (SSSR count). The van der Waals surface area contributed by atoms with Crippen LogP contribution in [0.5, 0.6) is 0 Å². The summed E-state index contributed by atoms with van der Waals surface area (Å²) >= 11 is 0. The smallest absolute Gasteiger partial charge is 0.255 e. The average Bonchev–Trinajstić information content (AvgIpc) is 2.82. The van der Waals surface area contributed by atoms with Crippen LogP contribution in [0.25, 0.3) is 0 Å². The fourth-order valence-electron chi connectivity index (χ4n) is 5.79. The van der Waals surface area contributed by atoms with Gasteiger partial charge in [0, 0.05) is 37.8 Å². The number of likely N-dealkylation sites (tertiary alicyclic amines) is 1.